The molecule has 26 heavy (non-hydrogen) atoms. The van der Waals surface area contributed by atoms with Gasteiger partial charge in [0.05, 0.1) is 31.0 Å². The second kappa shape index (κ2) is 8.39. The average molecular weight is 363 g/mol. The Morgan fingerprint density at radius 3 is 2.62 bits per heavy atom. The van der Waals surface area contributed by atoms with Gasteiger partial charge in [-0.2, -0.15) is 0 Å². The van der Waals surface area contributed by atoms with Crippen LogP contribution in [0, 0.1) is 5.92 Å². The average Bonchev–Trinajstić information content (AvgIpc) is 2.61. The van der Waals surface area contributed by atoms with E-state index < -0.39 is 5.79 Å². The van der Waals surface area contributed by atoms with Crippen LogP contribution in [0.5, 0.6) is 0 Å². The van der Waals surface area contributed by atoms with E-state index in [1.165, 1.54) is 12.0 Å². The van der Waals surface area contributed by atoms with Crippen LogP contribution in [0.1, 0.15) is 58.4 Å². The Hall–Kier alpha value is -0.940. The summed E-state index contributed by atoms with van der Waals surface area (Å²) < 4.78 is 24.9. The Morgan fingerprint density at radius 2 is 1.92 bits per heavy atom. The van der Waals surface area contributed by atoms with Crippen LogP contribution in [0.25, 0.3) is 0 Å². The van der Waals surface area contributed by atoms with Crippen molar-refractivity contribution >= 4 is 0 Å². The van der Waals surface area contributed by atoms with Crippen molar-refractivity contribution in [3.63, 3.8) is 0 Å². The van der Waals surface area contributed by atoms with E-state index in [4.69, 9.17) is 18.9 Å². The fourth-order valence-electron chi connectivity index (χ4n) is 4.38. The molecule has 4 nitrogen and oxygen atoms in total. The van der Waals surface area contributed by atoms with Crippen molar-refractivity contribution in [1.82, 2.24) is 0 Å². The van der Waals surface area contributed by atoms with Crippen molar-refractivity contribution < 1.29 is 18.9 Å². The zero-order valence-electron chi connectivity index (χ0n) is 16.7. The molecule has 1 aliphatic heterocycles. The van der Waals surface area contributed by atoms with Gasteiger partial charge >= 0.3 is 0 Å². The second-order valence-electron chi connectivity index (χ2n) is 8.61. The third kappa shape index (κ3) is 4.86. The maximum absolute atomic E-state index is 6.48. The number of fused-ring (bicyclic) bond motifs is 1. The highest BCUT2D eigenvalue weighted by Crippen LogP contribution is 2.46. The molecular formula is C22H34O4. The molecule has 1 heterocycles. The number of hydrogen-bond acceptors (Lipinski definition) is 4. The van der Waals surface area contributed by atoms with E-state index in [9.17, 15) is 0 Å². The van der Waals surface area contributed by atoms with Gasteiger partial charge < -0.3 is 18.9 Å². The molecule has 1 aliphatic carbocycles. The van der Waals surface area contributed by atoms with Crippen LogP contribution in [0.4, 0.5) is 0 Å². The Balaban J connectivity index is 1.66. The van der Waals surface area contributed by atoms with Crippen LogP contribution in [0.15, 0.2) is 30.3 Å². The fourth-order valence-corrected chi connectivity index (χ4v) is 4.38. The molecule has 1 aromatic rings. The Morgan fingerprint density at radius 1 is 1.15 bits per heavy atom. The van der Waals surface area contributed by atoms with E-state index in [0.717, 1.165) is 25.7 Å². The van der Waals surface area contributed by atoms with Gasteiger partial charge in [0.15, 0.2) is 5.79 Å². The summed E-state index contributed by atoms with van der Waals surface area (Å²) in [6.45, 7) is 7.55. The number of hydrogen-bond donors (Lipinski definition) is 0. The number of benzene rings is 1. The summed E-state index contributed by atoms with van der Waals surface area (Å²) in [5.41, 5.74) is 1.01. The van der Waals surface area contributed by atoms with Crippen LogP contribution in [-0.2, 0) is 25.6 Å². The van der Waals surface area contributed by atoms with E-state index in [0.29, 0.717) is 19.1 Å². The molecule has 4 atom stereocenters. The maximum Gasteiger partial charge on any atom is 0.173 e. The number of rotatable bonds is 6. The number of methoxy groups -OCH3 is 1. The van der Waals surface area contributed by atoms with Gasteiger partial charge in [-0.3, -0.25) is 0 Å². The molecule has 0 spiro atoms. The highest BCUT2D eigenvalue weighted by Gasteiger charge is 2.52. The minimum atomic E-state index is -0.521. The Kier molecular flexibility index (Phi) is 6.39. The van der Waals surface area contributed by atoms with Crippen molar-refractivity contribution in [3.8, 4) is 0 Å². The van der Waals surface area contributed by atoms with Gasteiger partial charge in [0.2, 0.25) is 0 Å². The summed E-state index contributed by atoms with van der Waals surface area (Å²) in [5.74, 6) is -0.224. The molecule has 0 bridgehead atoms. The number of ether oxygens (including phenoxy) is 4. The summed E-state index contributed by atoms with van der Waals surface area (Å²) in [5, 5.41) is 0. The molecule has 2 aliphatic rings. The van der Waals surface area contributed by atoms with Crippen LogP contribution in [0.2, 0.25) is 0 Å². The largest absolute Gasteiger partial charge is 0.374 e. The third-order valence-electron chi connectivity index (χ3n) is 5.43. The first-order chi connectivity index (χ1) is 12.4. The van der Waals surface area contributed by atoms with Crippen LogP contribution in [-0.4, -0.2) is 37.3 Å². The van der Waals surface area contributed by atoms with Crippen molar-refractivity contribution in [2.45, 2.75) is 83.1 Å². The quantitative estimate of drug-likeness (QED) is 0.734. The lowest BCUT2D eigenvalue weighted by molar-refractivity contribution is -0.342. The molecule has 1 saturated carbocycles. The summed E-state index contributed by atoms with van der Waals surface area (Å²) in [6.07, 6.45) is 5.42. The van der Waals surface area contributed by atoms with Crippen LogP contribution < -0.4 is 0 Å². The predicted octanol–water partition coefficient (Wildman–Crippen LogP) is 4.71. The van der Waals surface area contributed by atoms with Crippen molar-refractivity contribution in [3.05, 3.63) is 35.9 Å². The predicted molar refractivity (Wildman–Crippen MR) is 102 cm³/mol. The van der Waals surface area contributed by atoms with Gasteiger partial charge in [0.1, 0.15) is 0 Å². The third-order valence-corrected chi connectivity index (χ3v) is 5.43. The van der Waals surface area contributed by atoms with Gasteiger partial charge in [-0.25, -0.2) is 0 Å². The summed E-state index contributed by atoms with van der Waals surface area (Å²) in [7, 11) is 1.78. The van der Waals surface area contributed by atoms with E-state index >= 15 is 0 Å². The van der Waals surface area contributed by atoms with E-state index in [1.54, 1.807) is 7.11 Å². The van der Waals surface area contributed by atoms with E-state index in [-0.39, 0.29) is 17.8 Å². The Labute approximate surface area is 158 Å². The molecule has 0 amide bonds. The van der Waals surface area contributed by atoms with Crippen molar-refractivity contribution in [2.75, 3.05) is 13.7 Å². The molecule has 1 saturated heterocycles. The maximum atomic E-state index is 6.48. The zero-order chi connectivity index (χ0) is 18.6. The van der Waals surface area contributed by atoms with Crippen LogP contribution >= 0.6 is 0 Å². The van der Waals surface area contributed by atoms with E-state index in [2.05, 4.69) is 32.9 Å². The lowest BCUT2D eigenvalue weighted by atomic mass is 9.75. The fraction of sp³-hybridized carbons (Fsp3) is 0.727. The second-order valence-corrected chi connectivity index (χ2v) is 8.61. The summed E-state index contributed by atoms with van der Waals surface area (Å²) in [6, 6.07) is 10.3. The standard InChI is InChI=1S/C22H34O4/c1-21(2,3)26-20-14-18(16-24-15-17-10-6-5-7-11-17)25-22(23-4)13-9-8-12-19(20)22/h5-7,10-11,18-20H,8-9,12-16H2,1-4H3/t18-,19-,20-,22-/m1/s1. The highest BCUT2D eigenvalue weighted by atomic mass is 16.7. The van der Waals surface area contributed by atoms with Crippen LogP contribution in [0.3, 0.4) is 0 Å². The topological polar surface area (TPSA) is 36.9 Å². The molecular weight excluding hydrogens is 328 g/mol. The van der Waals surface area contributed by atoms with Gasteiger partial charge in [-0.05, 0) is 39.2 Å². The lowest BCUT2D eigenvalue weighted by Crippen LogP contribution is -2.59. The first-order valence-corrected chi connectivity index (χ1v) is 9.94. The van der Waals surface area contributed by atoms with Crippen molar-refractivity contribution in [1.29, 1.82) is 0 Å². The van der Waals surface area contributed by atoms with Gasteiger partial charge in [0, 0.05) is 25.9 Å². The molecule has 0 N–H and O–H groups in total. The molecule has 3 rings (SSSR count). The normalized spacial score (nSPS) is 32.2. The Bertz CT molecular complexity index is 553. The smallest absolute Gasteiger partial charge is 0.173 e. The first kappa shape index (κ1) is 19.8. The molecule has 0 unspecified atom stereocenters. The minimum absolute atomic E-state index is 0.000335. The zero-order valence-corrected chi connectivity index (χ0v) is 16.7. The summed E-state index contributed by atoms with van der Waals surface area (Å²) >= 11 is 0. The molecule has 2 fully saturated rings. The molecule has 0 aromatic heterocycles. The van der Waals surface area contributed by atoms with Gasteiger partial charge in [0.25, 0.3) is 0 Å². The van der Waals surface area contributed by atoms with Gasteiger partial charge in [-0.1, -0.05) is 36.8 Å². The molecule has 0 radical (unpaired) electrons. The summed E-state index contributed by atoms with van der Waals surface area (Å²) in [4.78, 5) is 0. The monoisotopic (exact) mass is 362 g/mol. The highest BCUT2D eigenvalue weighted by molar-refractivity contribution is 5.13. The SMILES string of the molecule is CO[C@@]12CCCC[C@@H]1[C@H](OC(C)(C)C)C[C@H](COCc1ccccc1)O2. The lowest BCUT2D eigenvalue weighted by Gasteiger charge is -2.52. The van der Waals surface area contributed by atoms with Gasteiger partial charge in [-0.15, -0.1) is 0 Å². The molecule has 4 heteroatoms. The van der Waals surface area contributed by atoms with E-state index in [1.807, 2.05) is 18.2 Å². The molecule has 1 aromatic carbocycles. The molecule has 146 valence electrons. The minimum Gasteiger partial charge on any atom is -0.374 e. The van der Waals surface area contributed by atoms with Crippen molar-refractivity contribution in [2.24, 2.45) is 5.92 Å². The first-order valence-electron chi connectivity index (χ1n) is 9.94.